The molecule has 0 fully saturated rings. The average Bonchev–Trinajstić information content (AvgIpc) is 2.87. The molecule has 0 aliphatic carbocycles. The van der Waals surface area contributed by atoms with E-state index in [1.54, 1.807) is 12.4 Å². The molecule has 0 saturated heterocycles. The highest BCUT2D eigenvalue weighted by atomic mass is 16.3. The van der Waals surface area contributed by atoms with E-state index in [1.165, 1.54) is 0 Å². The largest absolute Gasteiger partial charge is 0.390 e. The Labute approximate surface area is 98.0 Å². The number of benzene rings is 1. The number of H-pyrrole nitrogens is 1. The second-order valence-electron chi connectivity index (χ2n) is 3.83. The van der Waals surface area contributed by atoms with E-state index in [0.29, 0.717) is 5.69 Å². The second kappa shape index (κ2) is 3.99. The summed E-state index contributed by atoms with van der Waals surface area (Å²) in [5.74, 6) is 0.764. The van der Waals surface area contributed by atoms with Crippen LogP contribution in [0.1, 0.15) is 5.69 Å². The Hall–Kier alpha value is -2.20. The Morgan fingerprint density at radius 2 is 2.12 bits per heavy atom. The number of fused-ring (bicyclic) bond motifs is 1. The van der Waals surface area contributed by atoms with Crippen molar-refractivity contribution in [3.8, 4) is 11.4 Å². The molecule has 0 aliphatic rings. The van der Waals surface area contributed by atoms with Crippen LogP contribution in [0.2, 0.25) is 0 Å². The van der Waals surface area contributed by atoms with Gasteiger partial charge in [0, 0.05) is 17.1 Å². The molecule has 0 spiro atoms. The lowest BCUT2D eigenvalue weighted by atomic mass is 10.1. The van der Waals surface area contributed by atoms with Crippen LogP contribution in [0, 0.1) is 0 Å². The van der Waals surface area contributed by atoms with Gasteiger partial charge in [0.2, 0.25) is 0 Å². The molecule has 2 heterocycles. The van der Waals surface area contributed by atoms with Crippen molar-refractivity contribution in [1.29, 1.82) is 0 Å². The third-order valence-electron chi connectivity index (χ3n) is 2.68. The lowest BCUT2D eigenvalue weighted by Gasteiger charge is -2.00. The number of aromatic amines is 1. The van der Waals surface area contributed by atoms with Gasteiger partial charge in [-0.2, -0.15) is 0 Å². The average molecular weight is 225 g/mol. The van der Waals surface area contributed by atoms with Crippen LogP contribution in [0.5, 0.6) is 0 Å². The van der Waals surface area contributed by atoms with E-state index in [2.05, 4.69) is 15.0 Å². The lowest BCUT2D eigenvalue weighted by Crippen LogP contribution is -1.84. The molecule has 0 radical (unpaired) electrons. The number of hydrogen-bond acceptors (Lipinski definition) is 3. The smallest absolute Gasteiger partial charge is 0.137 e. The van der Waals surface area contributed by atoms with E-state index >= 15 is 0 Å². The summed E-state index contributed by atoms with van der Waals surface area (Å²) in [4.78, 5) is 11.6. The number of aliphatic hydroxyl groups excluding tert-OH is 1. The van der Waals surface area contributed by atoms with E-state index in [1.807, 2.05) is 30.3 Å². The Morgan fingerprint density at radius 3 is 2.94 bits per heavy atom. The van der Waals surface area contributed by atoms with Gasteiger partial charge in [-0.15, -0.1) is 0 Å². The molecule has 1 aromatic carbocycles. The molecule has 0 bridgehead atoms. The Bertz CT molecular complexity index is 660. The molecule has 3 rings (SSSR count). The molecule has 0 amide bonds. The summed E-state index contributed by atoms with van der Waals surface area (Å²) in [6.45, 7) is -0.0257. The van der Waals surface area contributed by atoms with Crippen molar-refractivity contribution in [2.24, 2.45) is 0 Å². The molecule has 2 N–H and O–H groups in total. The van der Waals surface area contributed by atoms with Crippen molar-refractivity contribution in [1.82, 2.24) is 15.0 Å². The summed E-state index contributed by atoms with van der Waals surface area (Å²) >= 11 is 0. The van der Waals surface area contributed by atoms with Crippen LogP contribution >= 0.6 is 0 Å². The number of imidazole rings is 1. The minimum absolute atomic E-state index is 0.0257. The zero-order chi connectivity index (χ0) is 11.7. The minimum atomic E-state index is -0.0257. The Balaban J connectivity index is 2.11. The number of nitrogens with zero attached hydrogens (tertiary/aromatic N) is 2. The summed E-state index contributed by atoms with van der Waals surface area (Å²) in [7, 11) is 0. The molecule has 0 unspecified atom stereocenters. The fourth-order valence-electron chi connectivity index (χ4n) is 1.81. The van der Waals surface area contributed by atoms with Crippen molar-refractivity contribution in [2.45, 2.75) is 6.61 Å². The second-order valence-corrected chi connectivity index (χ2v) is 3.83. The minimum Gasteiger partial charge on any atom is -0.390 e. The van der Waals surface area contributed by atoms with Gasteiger partial charge in [-0.05, 0) is 24.3 Å². The predicted molar refractivity (Wildman–Crippen MR) is 65.2 cm³/mol. The monoisotopic (exact) mass is 225 g/mol. The molecular formula is C13H11N3O. The quantitative estimate of drug-likeness (QED) is 0.702. The number of nitrogens with one attached hydrogen (secondary N) is 1. The molecule has 0 aliphatic heterocycles. The summed E-state index contributed by atoms with van der Waals surface area (Å²) in [5, 5.41) is 10.1. The molecule has 4 nitrogen and oxygen atoms in total. The fraction of sp³-hybridized carbons (Fsp3) is 0.0769. The SMILES string of the molecule is OCc1cnc(-c2ccc3ncccc3c2)[nH]1. The van der Waals surface area contributed by atoms with Crippen LogP contribution in [-0.2, 0) is 6.61 Å². The van der Waals surface area contributed by atoms with Crippen LogP contribution in [-0.4, -0.2) is 20.1 Å². The van der Waals surface area contributed by atoms with Gasteiger partial charge in [0.15, 0.2) is 0 Å². The maximum absolute atomic E-state index is 8.99. The summed E-state index contributed by atoms with van der Waals surface area (Å²) in [6.07, 6.45) is 3.42. The maximum Gasteiger partial charge on any atom is 0.137 e. The number of hydrogen-bond donors (Lipinski definition) is 2. The number of rotatable bonds is 2. The van der Waals surface area contributed by atoms with E-state index in [4.69, 9.17) is 5.11 Å². The van der Waals surface area contributed by atoms with Crippen LogP contribution in [0.3, 0.4) is 0 Å². The highest BCUT2D eigenvalue weighted by Gasteiger charge is 2.04. The van der Waals surface area contributed by atoms with Gasteiger partial charge in [-0.25, -0.2) is 4.98 Å². The third-order valence-corrected chi connectivity index (χ3v) is 2.68. The van der Waals surface area contributed by atoms with Gasteiger partial charge in [0.05, 0.1) is 24.0 Å². The zero-order valence-corrected chi connectivity index (χ0v) is 9.09. The number of aromatic nitrogens is 3. The highest BCUT2D eigenvalue weighted by Crippen LogP contribution is 2.20. The molecule has 2 aromatic heterocycles. The fourth-order valence-corrected chi connectivity index (χ4v) is 1.81. The van der Waals surface area contributed by atoms with Crippen LogP contribution in [0.15, 0.2) is 42.7 Å². The Morgan fingerprint density at radius 1 is 1.18 bits per heavy atom. The van der Waals surface area contributed by atoms with E-state index in [0.717, 1.165) is 22.3 Å². The van der Waals surface area contributed by atoms with Crippen molar-refractivity contribution in [3.63, 3.8) is 0 Å². The van der Waals surface area contributed by atoms with Gasteiger partial charge in [-0.3, -0.25) is 4.98 Å². The maximum atomic E-state index is 8.99. The molecule has 0 atom stereocenters. The van der Waals surface area contributed by atoms with Gasteiger partial charge in [0.25, 0.3) is 0 Å². The van der Waals surface area contributed by atoms with E-state index < -0.39 is 0 Å². The van der Waals surface area contributed by atoms with Crippen LogP contribution in [0.4, 0.5) is 0 Å². The highest BCUT2D eigenvalue weighted by molar-refractivity contribution is 5.83. The third kappa shape index (κ3) is 1.79. The first-order valence-corrected chi connectivity index (χ1v) is 5.37. The predicted octanol–water partition coefficient (Wildman–Crippen LogP) is 2.12. The standard InChI is InChI=1S/C13H11N3O/c17-8-11-7-15-13(16-11)10-3-4-12-9(6-10)2-1-5-14-12/h1-7,17H,8H2,(H,15,16). The molecule has 0 saturated carbocycles. The summed E-state index contributed by atoms with van der Waals surface area (Å²) in [5.41, 5.74) is 2.67. The number of pyridine rings is 1. The summed E-state index contributed by atoms with van der Waals surface area (Å²) in [6, 6.07) is 9.89. The van der Waals surface area contributed by atoms with Gasteiger partial charge in [-0.1, -0.05) is 6.07 Å². The van der Waals surface area contributed by atoms with Gasteiger partial charge in [0.1, 0.15) is 5.82 Å². The van der Waals surface area contributed by atoms with Gasteiger partial charge < -0.3 is 10.1 Å². The first-order valence-electron chi connectivity index (χ1n) is 5.37. The van der Waals surface area contributed by atoms with Crippen molar-refractivity contribution < 1.29 is 5.11 Å². The zero-order valence-electron chi connectivity index (χ0n) is 9.09. The number of aliphatic hydroxyl groups is 1. The summed E-state index contributed by atoms with van der Waals surface area (Å²) < 4.78 is 0. The van der Waals surface area contributed by atoms with E-state index in [9.17, 15) is 0 Å². The first-order chi connectivity index (χ1) is 8.36. The van der Waals surface area contributed by atoms with Crippen molar-refractivity contribution in [3.05, 3.63) is 48.4 Å². The van der Waals surface area contributed by atoms with E-state index in [-0.39, 0.29) is 6.61 Å². The molecule has 4 heteroatoms. The molecule has 84 valence electrons. The topological polar surface area (TPSA) is 61.8 Å². The van der Waals surface area contributed by atoms with Crippen LogP contribution in [0.25, 0.3) is 22.3 Å². The van der Waals surface area contributed by atoms with Crippen molar-refractivity contribution in [2.75, 3.05) is 0 Å². The molecular weight excluding hydrogens is 214 g/mol. The molecule has 17 heavy (non-hydrogen) atoms. The normalized spacial score (nSPS) is 10.9. The van der Waals surface area contributed by atoms with Crippen LogP contribution < -0.4 is 0 Å². The van der Waals surface area contributed by atoms with Crippen molar-refractivity contribution >= 4 is 10.9 Å². The first kappa shape index (κ1) is 9.99. The lowest BCUT2D eigenvalue weighted by molar-refractivity contribution is 0.277. The Kier molecular flexibility index (Phi) is 2.34. The molecule has 3 aromatic rings. The van der Waals surface area contributed by atoms with Gasteiger partial charge >= 0.3 is 0 Å².